The van der Waals surface area contributed by atoms with Crippen LogP contribution in [0.5, 0.6) is 0 Å². The molecular weight excluding hydrogens is 406 g/mol. The lowest BCUT2D eigenvalue weighted by Gasteiger charge is -2.33. The van der Waals surface area contributed by atoms with Gasteiger partial charge in [-0.05, 0) is 51.5 Å². The third-order valence-corrected chi connectivity index (χ3v) is 7.55. The predicted octanol–water partition coefficient (Wildman–Crippen LogP) is 4.14. The number of aryl methyl sites for hydroxylation is 1. The number of nitrogens with zero attached hydrogens (tertiary/aromatic N) is 4. The van der Waals surface area contributed by atoms with E-state index in [4.69, 9.17) is 0 Å². The molecule has 0 radical (unpaired) electrons. The van der Waals surface area contributed by atoms with E-state index in [1.54, 1.807) is 0 Å². The number of carbonyl (C=O) groups is 1. The number of carbonyl (C=O) groups excluding carboxylic acids is 1. The second-order valence-electron chi connectivity index (χ2n) is 9.00. The monoisotopic (exact) mass is 441 g/mol. The van der Waals surface area contributed by atoms with Gasteiger partial charge in [0.15, 0.2) is 11.0 Å². The third kappa shape index (κ3) is 5.89. The molecule has 2 aromatic rings. The highest BCUT2D eigenvalue weighted by Crippen LogP contribution is 2.27. The van der Waals surface area contributed by atoms with Gasteiger partial charge in [0.1, 0.15) is 0 Å². The number of hydrogen-bond donors (Lipinski definition) is 1. The second kappa shape index (κ2) is 10.6. The summed E-state index contributed by atoms with van der Waals surface area (Å²) in [5, 5.41) is 12.8. The van der Waals surface area contributed by atoms with Gasteiger partial charge in [-0.1, -0.05) is 48.4 Å². The van der Waals surface area contributed by atoms with Gasteiger partial charge in [0.05, 0.1) is 5.75 Å². The molecule has 1 aliphatic carbocycles. The minimum absolute atomic E-state index is 0.0991. The van der Waals surface area contributed by atoms with Gasteiger partial charge in [-0.15, -0.1) is 10.2 Å². The molecular formula is C24H35N5OS. The van der Waals surface area contributed by atoms with Gasteiger partial charge in [0.2, 0.25) is 5.91 Å². The number of piperidine rings is 1. The molecule has 7 heteroatoms. The van der Waals surface area contributed by atoms with E-state index in [0.717, 1.165) is 54.9 Å². The zero-order valence-electron chi connectivity index (χ0n) is 18.8. The van der Waals surface area contributed by atoms with Crippen LogP contribution in [0.2, 0.25) is 0 Å². The molecule has 6 nitrogen and oxygen atoms in total. The first-order valence-corrected chi connectivity index (χ1v) is 12.8. The summed E-state index contributed by atoms with van der Waals surface area (Å²) in [6.45, 7) is 8.42. The Morgan fingerprint density at radius 3 is 2.65 bits per heavy atom. The molecule has 0 unspecified atom stereocenters. The van der Waals surface area contributed by atoms with Gasteiger partial charge < -0.3 is 14.8 Å². The molecule has 1 aromatic heterocycles. The molecule has 1 aliphatic heterocycles. The summed E-state index contributed by atoms with van der Waals surface area (Å²) >= 11 is 1.48. The lowest BCUT2D eigenvalue weighted by Crippen LogP contribution is -2.46. The zero-order chi connectivity index (χ0) is 21.6. The van der Waals surface area contributed by atoms with Crippen molar-refractivity contribution in [1.29, 1.82) is 0 Å². The highest BCUT2D eigenvalue weighted by atomic mass is 32.2. The molecule has 0 atom stereocenters. The Hall–Kier alpha value is -1.86. The fourth-order valence-electron chi connectivity index (χ4n) is 4.90. The standard InChI is InChI=1S/C24H35N5OS/c1-3-29-23(20-10-6-7-18(2)15-20)26-27-24(29)31-17-22(30)25-21-11-13-28(14-12-21)16-19-8-4-5-9-19/h6-7,10,15,19,21H,3-5,8-9,11-14,16-17H2,1-2H3,(H,25,30). The molecule has 1 amide bonds. The van der Waals surface area contributed by atoms with Crippen molar-refractivity contribution in [1.82, 2.24) is 25.0 Å². The highest BCUT2D eigenvalue weighted by Gasteiger charge is 2.24. The van der Waals surface area contributed by atoms with E-state index < -0.39 is 0 Å². The molecule has 1 aromatic carbocycles. The van der Waals surface area contributed by atoms with Crippen molar-refractivity contribution in [3.8, 4) is 11.4 Å². The zero-order valence-corrected chi connectivity index (χ0v) is 19.7. The van der Waals surface area contributed by atoms with Gasteiger partial charge in [0, 0.05) is 37.8 Å². The first kappa shape index (κ1) is 22.3. The maximum absolute atomic E-state index is 12.6. The number of thioether (sulfide) groups is 1. The van der Waals surface area contributed by atoms with Crippen LogP contribution in [0.15, 0.2) is 29.4 Å². The molecule has 1 saturated heterocycles. The first-order chi connectivity index (χ1) is 15.1. The van der Waals surface area contributed by atoms with Crippen LogP contribution in [-0.2, 0) is 11.3 Å². The Morgan fingerprint density at radius 2 is 1.94 bits per heavy atom. The van der Waals surface area contributed by atoms with Crippen molar-refractivity contribution in [3.05, 3.63) is 29.8 Å². The molecule has 31 heavy (non-hydrogen) atoms. The topological polar surface area (TPSA) is 63.1 Å². The molecule has 0 bridgehead atoms. The number of amides is 1. The minimum Gasteiger partial charge on any atom is -0.353 e. The van der Waals surface area contributed by atoms with Crippen molar-refractivity contribution in [2.75, 3.05) is 25.4 Å². The Morgan fingerprint density at radius 1 is 1.16 bits per heavy atom. The molecule has 1 saturated carbocycles. The average Bonchev–Trinajstić information content (AvgIpc) is 3.43. The SMILES string of the molecule is CCn1c(SCC(=O)NC2CCN(CC3CCCC3)CC2)nnc1-c1cccc(C)c1. The van der Waals surface area contributed by atoms with E-state index in [2.05, 4.69) is 57.0 Å². The summed E-state index contributed by atoms with van der Waals surface area (Å²) in [6, 6.07) is 8.60. The number of hydrogen-bond acceptors (Lipinski definition) is 5. The smallest absolute Gasteiger partial charge is 0.230 e. The summed E-state index contributed by atoms with van der Waals surface area (Å²) in [6.07, 6.45) is 7.75. The fourth-order valence-corrected chi connectivity index (χ4v) is 5.71. The van der Waals surface area contributed by atoms with Crippen molar-refractivity contribution >= 4 is 17.7 Å². The fraction of sp³-hybridized carbons (Fsp3) is 0.625. The Balaban J connectivity index is 1.25. The van der Waals surface area contributed by atoms with Crippen molar-refractivity contribution < 1.29 is 4.79 Å². The van der Waals surface area contributed by atoms with Gasteiger partial charge in [-0.2, -0.15) is 0 Å². The van der Waals surface area contributed by atoms with Crippen molar-refractivity contribution in [2.24, 2.45) is 5.92 Å². The number of benzene rings is 1. The molecule has 168 valence electrons. The number of likely N-dealkylation sites (tertiary alicyclic amines) is 1. The number of rotatable bonds is 8. The van der Waals surface area contributed by atoms with Crippen LogP contribution < -0.4 is 5.32 Å². The molecule has 4 rings (SSSR count). The summed E-state index contributed by atoms with van der Waals surface area (Å²) in [4.78, 5) is 15.2. The molecule has 0 spiro atoms. The van der Waals surface area contributed by atoms with Crippen molar-refractivity contribution in [3.63, 3.8) is 0 Å². The van der Waals surface area contributed by atoms with E-state index in [1.165, 1.54) is 49.6 Å². The average molecular weight is 442 g/mol. The Kier molecular flexibility index (Phi) is 7.67. The van der Waals surface area contributed by atoms with E-state index >= 15 is 0 Å². The summed E-state index contributed by atoms with van der Waals surface area (Å²) in [5.41, 5.74) is 2.26. The van der Waals surface area contributed by atoms with Crippen molar-refractivity contribution in [2.45, 2.75) is 70.1 Å². The van der Waals surface area contributed by atoms with E-state index in [9.17, 15) is 4.79 Å². The van der Waals surface area contributed by atoms with Crippen LogP contribution in [0.25, 0.3) is 11.4 Å². The Bertz CT molecular complexity index is 869. The predicted molar refractivity (Wildman–Crippen MR) is 126 cm³/mol. The summed E-state index contributed by atoms with van der Waals surface area (Å²) < 4.78 is 2.09. The van der Waals surface area contributed by atoms with E-state index in [1.807, 2.05) is 6.07 Å². The molecule has 1 N–H and O–H groups in total. The largest absolute Gasteiger partial charge is 0.353 e. The quantitative estimate of drug-likeness (QED) is 0.624. The molecule has 2 aliphatic rings. The van der Waals surface area contributed by atoms with Crippen LogP contribution >= 0.6 is 11.8 Å². The van der Waals surface area contributed by atoms with Crippen LogP contribution in [0, 0.1) is 12.8 Å². The van der Waals surface area contributed by atoms with Crippen LogP contribution in [0.4, 0.5) is 0 Å². The number of aromatic nitrogens is 3. The van der Waals surface area contributed by atoms with Crippen LogP contribution in [0.3, 0.4) is 0 Å². The normalized spacial score (nSPS) is 18.5. The first-order valence-electron chi connectivity index (χ1n) is 11.8. The molecule has 2 heterocycles. The number of nitrogens with one attached hydrogen (secondary N) is 1. The highest BCUT2D eigenvalue weighted by molar-refractivity contribution is 7.99. The minimum atomic E-state index is 0.0991. The second-order valence-corrected chi connectivity index (χ2v) is 9.94. The summed E-state index contributed by atoms with van der Waals surface area (Å²) in [7, 11) is 0. The van der Waals surface area contributed by atoms with Crippen LogP contribution in [-0.4, -0.2) is 57.0 Å². The van der Waals surface area contributed by atoms with Gasteiger partial charge in [0.25, 0.3) is 0 Å². The third-order valence-electron chi connectivity index (χ3n) is 6.59. The van der Waals surface area contributed by atoms with E-state index in [-0.39, 0.29) is 5.91 Å². The lowest BCUT2D eigenvalue weighted by atomic mass is 10.0. The maximum atomic E-state index is 12.6. The van der Waals surface area contributed by atoms with Gasteiger partial charge in [-0.25, -0.2) is 0 Å². The maximum Gasteiger partial charge on any atom is 0.230 e. The van der Waals surface area contributed by atoms with Crippen LogP contribution in [0.1, 0.15) is 51.0 Å². The Labute approximate surface area is 190 Å². The molecule has 2 fully saturated rings. The van der Waals surface area contributed by atoms with Gasteiger partial charge >= 0.3 is 0 Å². The summed E-state index contributed by atoms with van der Waals surface area (Å²) in [5.74, 6) is 2.25. The lowest BCUT2D eigenvalue weighted by molar-refractivity contribution is -0.119. The van der Waals surface area contributed by atoms with Gasteiger partial charge in [-0.3, -0.25) is 4.79 Å². The van der Waals surface area contributed by atoms with E-state index in [0.29, 0.717) is 11.8 Å².